The lowest BCUT2D eigenvalue weighted by Gasteiger charge is -2.35. The van der Waals surface area contributed by atoms with Crippen LogP contribution in [0, 0.1) is 0 Å². The highest BCUT2D eigenvalue weighted by atomic mass is 35.5. The summed E-state index contributed by atoms with van der Waals surface area (Å²) in [6, 6.07) is 4.08. The molecule has 2 heterocycles. The van der Waals surface area contributed by atoms with Gasteiger partial charge < -0.3 is 15.0 Å². The molecule has 1 aromatic carbocycles. The van der Waals surface area contributed by atoms with Gasteiger partial charge in [0.15, 0.2) is 0 Å². The van der Waals surface area contributed by atoms with Crippen LogP contribution in [-0.2, 0) is 4.79 Å². The molecule has 0 saturated carbocycles. The monoisotopic (exact) mass is 328 g/mol. The van der Waals surface area contributed by atoms with Crippen molar-refractivity contribution in [1.29, 1.82) is 0 Å². The average Bonchev–Trinajstić information content (AvgIpc) is 2.44. The Morgan fingerprint density at radius 1 is 1.33 bits per heavy atom. The van der Waals surface area contributed by atoms with Gasteiger partial charge in [0, 0.05) is 49.1 Å². The number of piperidine rings is 1. The van der Waals surface area contributed by atoms with Crippen molar-refractivity contribution in [3.63, 3.8) is 0 Å². The first-order chi connectivity index (χ1) is 10.0. The molecule has 0 spiro atoms. The molecule has 1 saturated heterocycles. The fourth-order valence-corrected chi connectivity index (χ4v) is 3.60. The van der Waals surface area contributed by atoms with E-state index in [1.54, 1.807) is 11.0 Å². The van der Waals surface area contributed by atoms with Crippen molar-refractivity contribution in [2.24, 2.45) is 0 Å². The van der Waals surface area contributed by atoms with Gasteiger partial charge in [-0.05, 0) is 18.6 Å². The molecule has 2 unspecified atom stereocenters. The summed E-state index contributed by atoms with van der Waals surface area (Å²) >= 11 is 12.3. The maximum Gasteiger partial charge on any atom is 0.222 e. The Hall–Kier alpha value is -0.970. The number of ether oxygens (including phenoxy) is 1. The first kappa shape index (κ1) is 14.9. The molecule has 6 heteroatoms. The largest absolute Gasteiger partial charge is 0.492 e. The molecule has 21 heavy (non-hydrogen) atoms. The molecule has 0 aromatic heterocycles. The van der Waals surface area contributed by atoms with Crippen molar-refractivity contribution in [2.75, 3.05) is 20.2 Å². The summed E-state index contributed by atoms with van der Waals surface area (Å²) in [5.74, 6) is 0.941. The van der Waals surface area contributed by atoms with Gasteiger partial charge in [-0.1, -0.05) is 23.2 Å². The molecule has 0 radical (unpaired) electrons. The summed E-state index contributed by atoms with van der Waals surface area (Å²) in [4.78, 5) is 13.3. The number of rotatable bonds is 2. The van der Waals surface area contributed by atoms with E-state index in [2.05, 4.69) is 5.32 Å². The maximum absolute atomic E-state index is 11.6. The molecular weight excluding hydrogens is 311 g/mol. The SMILES string of the molecule is CN1CC(NC2CCOc3c(Cl)cc(Cl)cc32)CCC1=O. The number of nitrogens with zero attached hydrogens (tertiary/aromatic N) is 1. The number of halogens is 2. The molecule has 4 nitrogen and oxygen atoms in total. The lowest BCUT2D eigenvalue weighted by molar-refractivity contribution is -0.132. The number of carbonyl (C=O) groups is 1. The average molecular weight is 329 g/mol. The van der Waals surface area contributed by atoms with Crippen molar-refractivity contribution >= 4 is 29.1 Å². The highest BCUT2D eigenvalue weighted by Crippen LogP contribution is 2.40. The van der Waals surface area contributed by atoms with Crippen LogP contribution in [0.2, 0.25) is 10.0 Å². The number of hydrogen-bond donors (Lipinski definition) is 1. The Bertz CT molecular complexity index is 565. The molecule has 1 amide bonds. The number of benzene rings is 1. The van der Waals surface area contributed by atoms with Gasteiger partial charge in [0.25, 0.3) is 0 Å². The summed E-state index contributed by atoms with van der Waals surface area (Å²) < 4.78 is 5.67. The molecule has 2 aliphatic heterocycles. The van der Waals surface area contributed by atoms with Crippen LogP contribution in [0.3, 0.4) is 0 Å². The van der Waals surface area contributed by atoms with Crippen LogP contribution >= 0.6 is 23.2 Å². The summed E-state index contributed by atoms with van der Waals surface area (Å²) in [7, 11) is 1.85. The number of amides is 1. The van der Waals surface area contributed by atoms with Crippen molar-refractivity contribution in [2.45, 2.75) is 31.3 Å². The molecular formula is C15H18Cl2N2O2. The van der Waals surface area contributed by atoms with Crippen molar-refractivity contribution < 1.29 is 9.53 Å². The minimum Gasteiger partial charge on any atom is -0.492 e. The Labute approximate surface area is 134 Å². The van der Waals surface area contributed by atoms with Gasteiger partial charge >= 0.3 is 0 Å². The van der Waals surface area contributed by atoms with Crippen molar-refractivity contribution in [3.05, 3.63) is 27.7 Å². The van der Waals surface area contributed by atoms with Crippen LogP contribution < -0.4 is 10.1 Å². The van der Waals surface area contributed by atoms with Gasteiger partial charge in [-0.15, -0.1) is 0 Å². The highest BCUT2D eigenvalue weighted by Gasteiger charge is 2.29. The first-order valence-electron chi connectivity index (χ1n) is 7.16. The van der Waals surface area contributed by atoms with Gasteiger partial charge in [-0.2, -0.15) is 0 Å². The van der Waals surface area contributed by atoms with Crippen LogP contribution in [0.5, 0.6) is 5.75 Å². The smallest absolute Gasteiger partial charge is 0.222 e. The van der Waals surface area contributed by atoms with E-state index in [4.69, 9.17) is 27.9 Å². The third-order valence-electron chi connectivity index (χ3n) is 4.13. The van der Waals surface area contributed by atoms with Crippen LogP contribution in [0.4, 0.5) is 0 Å². The zero-order valence-electron chi connectivity index (χ0n) is 11.9. The van der Waals surface area contributed by atoms with Crippen molar-refractivity contribution in [1.82, 2.24) is 10.2 Å². The quantitative estimate of drug-likeness (QED) is 0.907. The van der Waals surface area contributed by atoms with Crippen LogP contribution in [0.15, 0.2) is 12.1 Å². The lowest BCUT2D eigenvalue weighted by Crippen LogP contribution is -2.48. The normalized spacial score (nSPS) is 25.5. The lowest BCUT2D eigenvalue weighted by atomic mass is 9.97. The first-order valence-corrected chi connectivity index (χ1v) is 7.92. The van der Waals surface area contributed by atoms with Crippen LogP contribution in [0.25, 0.3) is 0 Å². The van der Waals surface area contributed by atoms with Gasteiger partial charge in [-0.25, -0.2) is 0 Å². The predicted octanol–water partition coefficient (Wildman–Crippen LogP) is 3.03. The fourth-order valence-electron chi connectivity index (χ4n) is 3.03. The number of fused-ring (bicyclic) bond motifs is 1. The Kier molecular flexibility index (Phi) is 4.29. The minimum absolute atomic E-state index is 0.163. The van der Waals surface area contributed by atoms with Gasteiger partial charge in [-0.3, -0.25) is 4.79 Å². The maximum atomic E-state index is 11.6. The second kappa shape index (κ2) is 6.03. The van der Waals surface area contributed by atoms with E-state index < -0.39 is 0 Å². The van der Waals surface area contributed by atoms with Gasteiger partial charge in [0.1, 0.15) is 5.75 Å². The second-order valence-electron chi connectivity index (χ2n) is 5.67. The van der Waals surface area contributed by atoms with E-state index in [-0.39, 0.29) is 11.9 Å². The minimum atomic E-state index is 0.163. The Balaban J connectivity index is 1.78. The predicted molar refractivity (Wildman–Crippen MR) is 83.1 cm³/mol. The zero-order valence-corrected chi connectivity index (χ0v) is 13.4. The van der Waals surface area contributed by atoms with Gasteiger partial charge in [0.05, 0.1) is 11.6 Å². The number of hydrogen-bond acceptors (Lipinski definition) is 3. The number of nitrogens with one attached hydrogen (secondary N) is 1. The van der Waals surface area contributed by atoms with E-state index in [1.165, 1.54) is 0 Å². The molecule has 2 aliphatic rings. The molecule has 3 rings (SSSR count). The fraction of sp³-hybridized carbons (Fsp3) is 0.533. The molecule has 2 atom stereocenters. The number of likely N-dealkylation sites (tertiary alicyclic amines) is 1. The molecule has 0 aliphatic carbocycles. The van der Waals surface area contributed by atoms with E-state index in [1.807, 2.05) is 13.1 Å². The molecule has 1 aromatic rings. The Morgan fingerprint density at radius 2 is 2.14 bits per heavy atom. The topological polar surface area (TPSA) is 41.6 Å². The summed E-state index contributed by atoms with van der Waals surface area (Å²) in [6.07, 6.45) is 2.34. The molecule has 0 bridgehead atoms. The van der Waals surface area contributed by atoms with E-state index in [0.717, 1.165) is 30.7 Å². The summed E-state index contributed by atoms with van der Waals surface area (Å²) in [5, 5.41) is 4.80. The van der Waals surface area contributed by atoms with Crippen molar-refractivity contribution in [3.8, 4) is 5.75 Å². The summed E-state index contributed by atoms with van der Waals surface area (Å²) in [5.41, 5.74) is 1.01. The van der Waals surface area contributed by atoms with Crippen LogP contribution in [0.1, 0.15) is 30.9 Å². The Morgan fingerprint density at radius 3 is 2.90 bits per heavy atom. The molecule has 1 fully saturated rings. The van der Waals surface area contributed by atoms with E-state index in [9.17, 15) is 4.79 Å². The summed E-state index contributed by atoms with van der Waals surface area (Å²) in [6.45, 7) is 1.37. The molecule has 1 N–H and O–H groups in total. The standard InChI is InChI=1S/C15H18Cl2N2O2/c1-19-8-10(2-3-14(19)20)18-13-4-5-21-15-11(13)6-9(16)7-12(15)17/h6-7,10,13,18H,2-5,8H2,1H3. The highest BCUT2D eigenvalue weighted by molar-refractivity contribution is 6.35. The third kappa shape index (κ3) is 3.12. The third-order valence-corrected chi connectivity index (χ3v) is 4.63. The van der Waals surface area contributed by atoms with E-state index >= 15 is 0 Å². The second-order valence-corrected chi connectivity index (χ2v) is 6.52. The van der Waals surface area contributed by atoms with E-state index in [0.29, 0.717) is 29.1 Å². The zero-order chi connectivity index (χ0) is 15.0. The number of likely N-dealkylation sites (N-methyl/N-ethyl adjacent to an activating group) is 1. The molecule has 114 valence electrons. The van der Waals surface area contributed by atoms with Crippen LogP contribution in [-0.4, -0.2) is 37.0 Å². The number of carbonyl (C=O) groups excluding carboxylic acids is 1. The van der Waals surface area contributed by atoms with Gasteiger partial charge in [0.2, 0.25) is 5.91 Å².